The lowest BCUT2D eigenvalue weighted by molar-refractivity contribution is -0.125. The van der Waals surface area contributed by atoms with E-state index in [1.807, 2.05) is 6.92 Å². The van der Waals surface area contributed by atoms with Gasteiger partial charge in [-0.15, -0.1) is 0 Å². The molecule has 1 saturated heterocycles. The molecule has 1 aromatic heterocycles. The molecule has 2 rings (SSSR count). The summed E-state index contributed by atoms with van der Waals surface area (Å²) in [6.45, 7) is 6.15. The maximum Gasteiger partial charge on any atom is 0.225 e. The van der Waals surface area contributed by atoms with Crippen molar-refractivity contribution in [3.63, 3.8) is 0 Å². The first-order chi connectivity index (χ1) is 8.20. The topological polar surface area (TPSA) is 67.2 Å². The zero-order valence-corrected chi connectivity index (χ0v) is 10.3. The van der Waals surface area contributed by atoms with Crippen LogP contribution in [-0.4, -0.2) is 24.0 Å². The average molecular weight is 237 g/mol. The molecule has 0 spiro atoms. The zero-order valence-electron chi connectivity index (χ0n) is 10.3. The molecule has 5 nitrogen and oxygen atoms in total. The third kappa shape index (κ3) is 2.85. The summed E-state index contributed by atoms with van der Waals surface area (Å²) in [5.41, 5.74) is 0. The second-order valence-electron chi connectivity index (χ2n) is 4.53. The molecule has 0 radical (unpaired) electrons. The Balaban J connectivity index is 1.83. The van der Waals surface area contributed by atoms with Crippen molar-refractivity contribution in [3.05, 3.63) is 17.8 Å². The maximum atomic E-state index is 11.9. The summed E-state index contributed by atoms with van der Waals surface area (Å²) in [6, 6.07) is 0. The van der Waals surface area contributed by atoms with Gasteiger partial charge in [-0.3, -0.25) is 4.79 Å². The van der Waals surface area contributed by atoms with Crippen LogP contribution in [0.2, 0.25) is 0 Å². The fourth-order valence-corrected chi connectivity index (χ4v) is 2.05. The van der Waals surface area contributed by atoms with Crippen LogP contribution in [0.5, 0.6) is 0 Å². The van der Waals surface area contributed by atoms with Crippen LogP contribution in [0.1, 0.15) is 25.5 Å². The van der Waals surface area contributed by atoms with E-state index in [0.717, 1.165) is 25.3 Å². The van der Waals surface area contributed by atoms with Gasteiger partial charge in [-0.2, -0.15) is 0 Å². The van der Waals surface area contributed by atoms with Gasteiger partial charge in [0.05, 0.1) is 18.7 Å². The highest BCUT2D eigenvalue weighted by Gasteiger charge is 2.29. The number of amides is 1. The quantitative estimate of drug-likeness (QED) is 0.809. The molecule has 1 aliphatic rings. The lowest BCUT2D eigenvalue weighted by Crippen LogP contribution is -2.33. The van der Waals surface area contributed by atoms with Crippen LogP contribution in [-0.2, 0) is 17.8 Å². The number of carbonyl (C=O) groups is 1. The minimum absolute atomic E-state index is 0.0654. The predicted molar refractivity (Wildman–Crippen MR) is 63.3 cm³/mol. The second-order valence-corrected chi connectivity index (χ2v) is 4.53. The van der Waals surface area contributed by atoms with Crippen molar-refractivity contribution in [1.29, 1.82) is 0 Å². The monoisotopic (exact) mass is 237 g/mol. The molecule has 2 heterocycles. The van der Waals surface area contributed by atoms with E-state index in [1.54, 1.807) is 6.20 Å². The molecule has 0 saturated carbocycles. The molecule has 0 aliphatic carbocycles. The molecule has 5 heteroatoms. The lowest BCUT2D eigenvalue weighted by atomic mass is 9.97. The van der Waals surface area contributed by atoms with Crippen molar-refractivity contribution in [2.45, 2.75) is 26.8 Å². The van der Waals surface area contributed by atoms with Crippen molar-refractivity contribution < 1.29 is 9.21 Å². The van der Waals surface area contributed by atoms with Gasteiger partial charge in [0.25, 0.3) is 0 Å². The number of rotatable bonds is 4. The summed E-state index contributed by atoms with van der Waals surface area (Å²) in [7, 11) is 0. The first-order valence-electron chi connectivity index (χ1n) is 6.12. The lowest BCUT2D eigenvalue weighted by Gasteiger charge is -2.12. The minimum Gasteiger partial charge on any atom is -0.444 e. The number of aromatic nitrogens is 1. The van der Waals surface area contributed by atoms with Gasteiger partial charge in [0.1, 0.15) is 5.76 Å². The smallest absolute Gasteiger partial charge is 0.225 e. The number of oxazole rings is 1. The molecule has 0 aromatic carbocycles. The Morgan fingerprint density at radius 1 is 1.65 bits per heavy atom. The fraction of sp³-hybridized carbons (Fsp3) is 0.667. The molecule has 94 valence electrons. The Morgan fingerprint density at radius 3 is 3.06 bits per heavy atom. The van der Waals surface area contributed by atoms with Gasteiger partial charge < -0.3 is 15.1 Å². The van der Waals surface area contributed by atoms with Crippen LogP contribution in [0.25, 0.3) is 0 Å². The third-order valence-corrected chi connectivity index (χ3v) is 3.22. The van der Waals surface area contributed by atoms with Gasteiger partial charge in [0.15, 0.2) is 0 Å². The highest BCUT2D eigenvalue weighted by atomic mass is 16.4. The number of aryl methyl sites for hydroxylation is 1. The SMILES string of the molecule is CCc1cnc(CNC(=O)[C@@H]2CNC[C@H]2C)o1. The largest absolute Gasteiger partial charge is 0.444 e. The van der Waals surface area contributed by atoms with Gasteiger partial charge in [-0.25, -0.2) is 4.98 Å². The molecule has 0 unspecified atom stereocenters. The van der Waals surface area contributed by atoms with Crippen LogP contribution in [0, 0.1) is 11.8 Å². The molecule has 2 N–H and O–H groups in total. The predicted octanol–water partition coefficient (Wildman–Crippen LogP) is 0.709. The molecular formula is C12H19N3O2. The number of hydrogen-bond donors (Lipinski definition) is 2. The van der Waals surface area contributed by atoms with Gasteiger partial charge in [-0.05, 0) is 12.5 Å². The number of nitrogens with one attached hydrogen (secondary N) is 2. The second kappa shape index (κ2) is 5.31. The van der Waals surface area contributed by atoms with Gasteiger partial charge in [0, 0.05) is 13.0 Å². The van der Waals surface area contributed by atoms with Crippen LogP contribution in [0.15, 0.2) is 10.6 Å². The minimum atomic E-state index is 0.0654. The van der Waals surface area contributed by atoms with Crippen molar-refractivity contribution in [3.8, 4) is 0 Å². The number of hydrogen-bond acceptors (Lipinski definition) is 4. The highest BCUT2D eigenvalue weighted by molar-refractivity contribution is 5.79. The van der Waals surface area contributed by atoms with Crippen LogP contribution >= 0.6 is 0 Å². The third-order valence-electron chi connectivity index (χ3n) is 3.22. The number of nitrogens with zero attached hydrogens (tertiary/aromatic N) is 1. The number of carbonyl (C=O) groups excluding carboxylic acids is 1. The van der Waals surface area contributed by atoms with Crippen LogP contribution < -0.4 is 10.6 Å². The van der Waals surface area contributed by atoms with Gasteiger partial charge in [0.2, 0.25) is 11.8 Å². The molecule has 17 heavy (non-hydrogen) atoms. The van der Waals surface area contributed by atoms with Crippen molar-refractivity contribution in [2.75, 3.05) is 13.1 Å². The first-order valence-corrected chi connectivity index (χ1v) is 6.12. The molecule has 0 bridgehead atoms. The van der Waals surface area contributed by atoms with Crippen LogP contribution in [0.4, 0.5) is 0 Å². The van der Waals surface area contributed by atoms with E-state index >= 15 is 0 Å². The zero-order chi connectivity index (χ0) is 12.3. The van der Waals surface area contributed by atoms with E-state index < -0.39 is 0 Å². The van der Waals surface area contributed by atoms with E-state index in [-0.39, 0.29) is 11.8 Å². The van der Waals surface area contributed by atoms with E-state index in [1.165, 1.54) is 0 Å². The van der Waals surface area contributed by atoms with E-state index in [0.29, 0.717) is 18.4 Å². The van der Waals surface area contributed by atoms with E-state index in [2.05, 4.69) is 22.5 Å². The van der Waals surface area contributed by atoms with Crippen molar-refractivity contribution >= 4 is 5.91 Å². The molecule has 2 atom stereocenters. The van der Waals surface area contributed by atoms with Gasteiger partial charge >= 0.3 is 0 Å². The Labute approximate surface area is 101 Å². The summed E-state index contributed by atoms with van der Waals surface area (Å²) in [6.07, 6.45) is 2.53. The normalized spacial score (nSPS) is 23.9. The first kappa shape index (κ1) is 12.1. The summed E-state index contributed by atoms with van der Waals surface area (Å²) >= 11 is 0. The fourth-order valence-electron chi connectivity index (χ4n) is 2.05. The summed E-state index contributed by atoms with van der Waals surface area (Å²) in [5, 5.41) is 6.09. The molecule has 1 aromatic rings. The van der Waals surface area contributed by atoms with Gasteiger partial charge in [-0.1, -0.05) is 13.8 Å². The molecule has 1 aliphatic heterocycles. The van der Waals surface area contributed by atoms with Crippen molar-refractivity contribution in [1.82, 2.24) is 15.6 Å². The van der Waals surface area contributed by atoms with Crippen LogP contribution in [0.3, 0.4) is 0 Å². The Hall–Kier alpha value is -1.36. The summed E-state index contributed by atoms with van der Waals surface area (Å²) in [4.78, 5) is 16.0. The maximum absolute atomic E-state index is 11.9. The highest BCUT2D eigenvalue weighted by Crippen LogP contribution is 2.15. The van der Waals surface area contributed by atoms with Crippen molar-refractivity contribution in [2.24, 2.45) is 11.8 Å². The van der Waals surface area contributed by atoms with E-state index in [9.17, 15) is 4.79 Å². The summed E-state index contributed by atoms with van der Waals surface area (Å²) in [5.74, 6) is 1.97. The standard InChI is InChI=1S/C12H19N3O2/c1-3-9-5-14-11(17-9)7-15-12(16)10-6-13-4-8(10)2/h5,8,10,13H,3-4,6-7H2,1-2H3,(H,15,16)/t8-,10-/m1/s1. The Kier molecular flexibility index (Phi) is 3.78. The molecular weight excluding hydrogens is 218 g/mol. The Morgan fingerprint density at radius 2 is 2.47 bits per heavy atom. The molecule has 1 fully saturated rings. The summed E-state index contributed by atoms with van der Waals surface area (Å²) < 4.78 is 5.43. The Bertz CT molecular complexity index is 389. The van der Waals surface area contributed by atoms with E-state index in [4.69, 9.17) is 4.42 Å². The average Bonchev–Trinajstić information content (AvgIpc) is 2.94. The molecule has 1 amide bonds.